The van der Waals surface area contributed by atoms with Gasteiger partial charge in [-0.25, -0.2) is 18.0 Å². The van der Waals surface area contributed by atoms with Gasteiger partial charge in [0.1, 0.15) is 23.7 Å². The second-order valence-electron chi connectivity index (χ2n) is 4.04. The zero-order valence-corrected chi connectivity index (χ0v) is 9.99. The van der Waals surface area contributed by atoms with E-state index in [1.54, 1.807) is 0 Å². The SMILES string of the molecule is Nc1c(F)cc2c(=O)c(C(=O)O)cn(CCF)c2c1F. The summed E-state index contributed by atoms with van der Waals surface area (Å²) in [5.74, 6) is -3.97. The Balaban J connectivity index is 3.02. The Hall–Kier alpha value is -2.51. The molecule has 0 aliphatic carbocycles. The van der Waals surface area contributed by atoms with Gasteiger partial charge in [-0.1, -0.05) is 0 Å². The lowest BCUT2D eigenvalue weighted by Crippen LogP contribution is -2.21. The first kappa shape index (κ1) is 13.9. The zero-order valence-electron chi connectivity index (χ0n) is 9.99. The number of anilines is 1. The maximum atomic E-state index is 14.0. The Morgan fingerprint density at radius 1 is 1.40 bits per heavy atom. The fraction of sp³-hybridized carbons (Fsp3) is 0.167. The molecule has 0 radical (unpaired) electrons. The first-order valence-corrected chi connectivity index (χ1v) is 5.48. The molecule has 0 saturated heterocycles. The number of fused-ring (bicyclic) bond motifs is 1. The van der Waals surface area contributed by atoms with Crippen LogP contribution in [-0.2, 0) is 6.54 Å². The summed E-state index contributed by atoms with van der Waals surface area (Å²) in [6, 6.07) is 0.650. The summed E-state index contributed by atoms with van der Waals surface area (Å²) in [7, 11) is 0. The van der Waals surface area contributed by atoms with Gasteiger partial charge in [-0.15, -0.1) is 0 Å². The van der Waals surface area contributed by atoms with Crippen molar-refractivity contribution in [2.45, 2.75) is 6.54 Å². The summed E-state index contributed by atoms with van der Waals surface area (Å²) in [6.07, 6.45) is 0.813. The molecule has 0 aliphatic heterocycles. The molecule has 20 heavy (non-hydrogen) atoms. The highest BCUT2D eigenvalue weighted by molar-refractivity contribution is 5.93. The third kappa shape index (κ3) is 1.98. The van der Waals surface area contributed by atoms with Crippen LogP contribution < -0.4 is 11.2 Å². The largest absolute Gasteiger partial charge is 0.477 e. The third-order valence-electron chi connectivity index (χ3n) is 2.85. The molecule has 2 rings (SSSR count). The van der Waals surface area contributed by atoms with Crippen molar-refractivity contribution in [2.75, 3.05) is 12.4 Å². The molecule has 1 heterocycles. The lowest BCUT2D eigenvalue weighted by atomic mass is 10.1. The smallest absolute Gasteiger partial charge is 0.341 e. The number of nitrogen functional groups attached to an aromatic ring is 1. The number of pyridine rings is 1. The van der Waals surface area contributed by atoms with Crippen LogP contribution in [0.1, 0.15) is 10.4 Å². The summed E-state index contributed by atoms with van der Waals surface area (Å²) >= 11 is 0. The summed E-state index contributed by atoms with van der Waals surface area (Å²) in [5, 5.41) is 8.39. The van der Waals surface area contributed by atoms with Gasteiger partial charge in [0.2, 0.25) is 5.43 Å². The number of halogens is 3. The molecule has 0 unspecified atom stereocenters. The Labute approximate surface area is 110 Å². The Kier molecular flexibility index (Phi) is 3.39. The van der Waals surface area contributed by atoms with Crippen LogP contribution >= 0.6 is 0 Å². The van der Waals surface area contributed by atoms with Gasteiger partial charge in [-0.05, 0) is 6.07 Å². The number of benzene rings is 1. The summed E-state index contributed by atoms with van der Waals surface area (Å²) in [4.78, 5) is 22.8. The van der Waals surface area contributed by atoms with Crippen LogP contribution in [0.3, 0.4) is 0 Å². The Bertz CT molecular complexity index is 771. The molecule has 0 spiro atoms. The molecule has 0 aliphatic rings. The first-order valence-electron chi connectivity index (χ1n) is 5.48. The van der Waals surface area contributed by atoms with Gasteiger partial charge in [0.25, 0.3) is 0 Å². The molecule has 8 heteroatoms. The van der Waals surface area contributed by atoms with E-state index in [1.165, 1.54) is 0 Å². The fourth-order valence-corrected chi connectivity index (χ4v) is 1.92. The van der Waals surface area contributed by atoms with Crippen molar-refractivity contribution in [3.8, 4) is 0 Å². The van der Waals surface area contributed by atoms with Crippen LogP contribution in [0.4, 0.5) is 18.9 Å². The zero-order chi connectivity index (χ0) is 15.0. The predicted molar refractivity (Wildman–Crippen MR) is 65.5 cm³/mol. The number of nitrogens with zero attached hydrogens (tertiary/aromatic N) is 1. The fourth-order valence-electron chi connectivity index (χ4n) is 1.92. The standard InChI is InChI=1S/C12H9F3N2O3/c13-1-2-17-4-6(12(19)20)11(18)5-3-7(14)9(16)8(15)10(5)17/h3-4H,1-2,16H2,(H,19,20). The number of aromatic nitrogens is 1. The highest BCUT2D eigenvalue weighted by Gasteiger charge is 2.20. The number of carbonyl (C=O) groups is 1. The number of aryl methyl sites for hydroxylation is 1. The maximum Gasteiger partial charge on any atom is 0.341 e. The molecule has 1 aromatic carbocycles. The molecule has 0 amide bonds. The lowest BCUT2D eigenvalue weighted by molar-refractivity contribution is 0.0694. The quantitative estimate of drug-likeness (QED) is 0.838. The van der Waals surface area contributed by atoms with Crippen LogP contribution in [0.5, 0.6) is 0 Å². The van der Waals surface area contributed by atoms with Gasteiger partial charge in [0.05, 0.1) is 17.4 Å². The van der Waals surface area contributed by atoms with Crippen molar-refractivity contribution in [1.82, 2.24) is 4.57 Å². The molecule has 106 valence electrons. The second-order valence-corrected chi connectivity index (χ2v) is 4.04. The first-order chi connectivity index (χ1) is 9.38. The van der Waals surface area contributed by atoms with Gasteiger partial charge in [0.15, 0.2) is 5.82 Å². The van der Waals surface area contributed by atoms with E-state index in [4.69, 9.17) is 10.8 Å². The molecule has 0 bridgehead atoms. The van der Waals surface area contributed by atoms with E-state index in [0.717, 1.165) is 10.8 Å². The number of aromatic carboxylic acids is 1. The van der Waals surface area contributed by atoms with Crippen molar-refractivity contribution in [3.63, 3.8) is 0 Å². The van der Waals surface area contributed by atoms with Gasteiger partial charge in [-0.2, -0.15) is 0 Å². The van der Waals surface area contributed by atoms with Gasteiger partial charge < -0.3 is 15.4 Å². The van der Waals surface area contributed by atoms with E-state index in [-0.39, 0.29) is 6.54 Å². The minimum absolute atomic E-state index is 0.390. The van der Waals surface area contributed by atoms with Crippen molar-refractivity contribution >= 4 is 22.6 Å². The molecule has 2 aromatic rings. The molecular weight excluding hydrogens is 277 g/mol. The molecule has 5 nitrogen and oxygen atoms in total. The van der Waals surface area contributed by atoms with Crippen LogP contribution in [0, 0.1) is 11.6 Å². The summed E-state index contributed by atoms with van der Waals surface area (Å²) in [6.45, 7) is -1.31. The van der Waals surface area contributed by atoms with Gasteiger partial charge in [0, 0.05) is 6.20 Å². The number of hydrogen-bond acceptors (Lipinski definition) is 3. The van der Waals surface area contributed by atoms with E-state index in [9.17, 15) is 22.8 Å². The van der Waals surface area contributed by atoms with Crippen molar-refractivity contribution in [3.05, 3.63) is 39.7 Å². The third-order valence-corrected chi connectivity index (χ3v) is 2.85. The topological polar surface area (TPSA) is 85.3 Å². The summed E-state index contributed by atoms with van der Waals surface area (Å²) in [5.41, 5.74) is 2.20. The summed E-state index contributed by atoms with van der Waals surface area (Å²) < 4.78 is 40.7. The normalized spacial score (nSPS) is 10.9. The number of carboxylic acid groups (broad SMARTS) is 1. The molecular formula is C12H9F3N2O3. The van der Waals surface area contributed by atoms with Crippen LogP contribution in [0.15, 0.2) is 17.1 Å². The van der Waals surface area contributed by atoms with Crippen molar-refractivity contribution in [2.24, 2.45) is 0 Å². The van der Waals surface area contributed by atoms with E-state index in [2.05, 4.69) is 0 Å². The van der Waals surface area contributed by atoms with Gasteiger partial charge in [-0.3, -0.25) is 4.79 Å². The number of hydrogen-bond donors (Lipinski definition) is 2. The molecule has 3 N–H and O–H groups in total. The van der Waals surface area contributed by atoms with E-state index in [1.807, 2.05) is 0 Å². The average molecular weight is 286 g/mol. The highest BCUT2D eigenvalue weighted by Crippen LogP contribution is 2.24. The van der Waals surface area contributed by atoms with E-state index >= 15 is 0 Å². The van der Waals surface area contributed by atoms with E-state index in [0.29, 0.717) is 6.07 Å². The van der Waals surface area contributed by atoms with Crippen LogP contribution in [0.2, 0.25) is 0 Å². The van der Waals surface area contributed by atoms with Crippen LogP contribution in [0.25, 0.3) is 10.9 Å². The molecule has 0 saturated carbocycles. The number of carboxylic acids is 1. The van der Waals surface area contributed by atoms with E-state index < -0.39 is 51.9 Å². The molecule has 1 aromatic heterocycles. The number of nitrogens with two attached hydrogens (primary N) is 1. The van der Waals surface area contributed by atoms with Crippen molar-refractivity contribution in [1.29, 1.82) is 0 Å². The second kappa shape index (κ2) is 4.87. The minimum Gasteiger partial charge on any atom is -0.477 e. The van der Waals surface area contributed by atoms with Gasteiger partial charge >= 0.3 is 5.97 Å². The maximum absolute atomic E-state index is 14.0. The minimum atomic E-state index is -1.57. The number of alkyl halides is 1. The van der Waals surface area contributed by atoms with Crippen molar-refractivity contribution < 1.29 is 23.1 Å². The highest BCUT2D eigenvalue weighted by atomic mass is 19.1. The average Bonchev–Trinajstić information content (AvgIpc) is 2.39. The van der Waals surface area contributed by atoms with Crippen LogP contribution in [-0.4, -0.2) is 22.3 Å². The molecule has 0 fully saturated rings. The Morgan fingerprint density at radius 3 is 2.60 bits per heavy atom. The lowest BCUT2D eigenvalue weighted by Gasteiger charge is -2.12. The number of rotatable bonds is 3. The Morgan fingerprint density at radius 2 is 2.05 bits per heavy atom. The monoisotopic (exact) mass is 286 g/mol. The predicted octanol–water partition coefficient (Wildman–Crippen LogP) is 1.53. The molecule has 0 atom stereocenters.